The lowest BCUT2D eigenvalue weighted by Gasteiger charge is -2.30. The fourth-order valence-electron chi connectivity index (χ4n) is 2.30. The van der Waals surface area contributed by atoms with Crippen LogP contribution in [0.3, 0.4) is 0 Å². The van der Waals surface area contributed by atoms with E-state index < -0.39 is 0 Å². The minimum absolute atomic E-state index is 0.0665. The Hall–Kier alpha value is -1.11. The van der Waals surface area contributed by atoms with Crippen LogP contribution in [0, 0.1) is 0 Å². The number of nitrogens with zero attached hydrogens (tertiary/aromatic N) is 2. The van der Waals surface area contributed by atoms with Crippen LogP contribution in [0.15, 0.2) is 24.3 Å². The number of fused-ring (bicyclic) bond motifs is 1. The fourth-order valence-corrected chi connectivity index (χ4v) is 4.51. The summed E-state index contributed by atoms with van der Waals surface area (Å²) >= 11 is 3.41. The summed E-state index contributed by atoms with van der Waals surface area (Å²) in [7, 11) is 1.45. The second-order valence-corrected chi connectivity index (χ2v) is 7.12. The van der Waals surface area contributed by atoms with Crippen molar-refractivity contribution < 1.29 is 9.53 Å². The second-order valence-electron chi connectivity index (χ2n) is 4.69. The van der Waals surface area contributed by atoms with Gasteiger partial charge in [0.15, 0.2) is 0 Å². The lowest BCUT2D eigenvalue weighted by atomic mass is 10.3. The summed E-state index contributed by atoms with van der Waals surface area (Å²) < 4.78 is 6.06. The molecule has 1 aromatic carbocycles. The van der Waals surface area contributed by atoms with Crippen molar-refractivity contribution in [2.45, 2.75) is 11.8 Å². The fraction of sp³-hybridized carbons (Fsp3) is 0.429. The van der Waals surface area contributed by atoms with E-state index in [1.54, 1.807) is 23.1 Å². The van der Waals surface area contributed by atoms with E-state index in [2.05, 4.69) is 16.0 Å². The van der Waals surface area contributed by atoms with Gasteiger partial charge in [0.1, 0.15) is 10.3 Å². The number of thioether (sulfide) groups is 1. The number of hydrogen-bond donors (Lipinski definition) is 0. The van der Waals surface area contributed by atoms with Crippen LogP contribution >= 0.6 is 23.1 Å². The molecule has 0 spiro atoms. The van der Waals surface area contributed by atoms with Gasteiger partial charge in [-0.1, -0.05) is 12.1 Å². The third-order valence-corrected chi connectivity index (χ3v) is 5.50. The Bertz CT molecular complexity index is 581. The molecule has 20 heavy (non-hydrogen) atoms. The van der Waals surface area contributed by atoms with Gasteiger partial charge in [0.05, 0.1) is 23.9 Å². The maximum absolute atomic E-state index is 11.6. The molecule has 1 atom stereocenters. The molecule has 0 amide bonds. The molecule has 2 aromatic rings. The Morgan fingerprint density at radius 2 is 2.35 bits per heavy atom. The first-order valence-corrected chi connectivity index (χ1v) is 8.39. The number of hydrogen-bond acceptors (Lipinski definition) is 6. The zero-order chi connectivity index (χ0) is 13.9. The molecule has 1 aromatic heterocycles. The highest BCUT2D eigenvalue weighted by Gasteiger charge is 2.27. The minimum atomic E-state index is -0.121. The molecule has 1 aliphatic heterocycles. The van der Waals surface area contributed by atoms with E-state index in [0.29, 0.717) is 0 Å². The van der Waals surface area contributed by atoms with E-state index in [9.17, 15) is 4.79 Å². The zero-order valence-electron chi connectivity index (χ0n) is 11.2. The van der Waals surface area contributed by atoms with Crippen molar-refractivity contribution in [2.75, 3.05) is 26.0 Å². The molecule has 3 rings (SSSR count). The van der Waals surface area contributed by atoms with Gasteiger partial charge in [-0.2, -0.15) is 0 Å². The molecule has 4 nitrogen and oxygen atoms in total. The summed E-state index contributed by atoms with van der Waals surface area (Å²) in [5.74, 6) is 0.842. The number of thiazole rings is 1. The van der Waals surface area contributed by atoms with Crippen molar-refractivity contribution >= 4 is 39.3 Å². The van der Waals surface area contributed by atoms with Gasteiger partial charge in [0.2, 0.25) is 0 Å². The highest BCUT2D eigenvalue weighted by molar-refractivity contribution is 8.00. The molecule has 0 saturated carbocycles. The molecular formula is C14H16N2O2S2. The van der Waals surface area contributed by atoms with E-state index in [4.69, 9.17) is 4.74 Å². The van der Waals surface area contributed by atoms with Crippen LogP contribution < -0.4 is 0 Å². The highest BCUT2D eigenvalue weighted by atomic mass is 32.2. The van der Waals surface area contributed by atoms with Gasteiger partial charge < -0.3 is 4.74 Å². The van der Waals surface area contributed by atoms with Crippen LogP contribution in [-0.2, 0) is 16.1 Å². The number of carbonyl (C=O) groups is 1. The van der Waals surface area contributed by atoms with E-state index in [1.165, 1.54) is 11.8 Å². The summed E-state index contributed by atoms with van der Waals surface area (Å²) in [6.07, 6.45) is 0. The Labute approximate surface area is 126 Å². The van der Waals surface area contributed by atoms with Crippen molar-refractivity contribution in [3.63, 3.8) is 0 Å². The maximum atomic E-state index is 11.6. The number of esters is 1. The van der Waals surface area contributed by atoms with Crippen LogP contribution in [0.5, 0.6) is 0 Å². The quantitative estimate of drug-likeness (QED) is 0.815. The molecule has 0 bridgehead atoms. The average molecular weight is 308 g/mol. The Morgan fingerprint density at radius 1 is 1.50 bits per heavy atom. The SMILES string of the molecule is COC(=O)[C@H]1CN(Cc2nc3ccccc3s2)CCS1. The number of aromatic nitrogens is 1. The standard InChI is InChI=1S/C14H16N2O2S2/c1-18-14(17)12-8-16(6-7-19-12)9-13-15-10-4-2-3-5-11(10)20-13/h2-5,12H,6-9H2,1H3/t12-/m1/s1. The highest BCUT2D eigenvalue weighted by Crippen LogP contribution is 2.25. The van der Waals surface area contributed by atoms with Gasteiger partial charge in [0, 0.05) is 18.8 Å². The maximum Gasteiger partial charge on any atom is 0.320 e. The summed E-state index contributed by atoms with van der Waals surface area (Å²) in [5.41, 5.74) is 1.06. The predicted octanol–water partition coefficient (Wildman–Crippen LogP) is 2.39. The number of carbonyl (C=O) groups excluding carboxylic acids is 1. The van der Waals surface area contributed by atoms with E-state index in [0.717, 1.165) is 35.9 Å². The van der Waals surface area contributed by atoms with E-state index >= 15 is 0 Å². The molecule has 1 aliphatic rings. The van der Waals surface area contributed by atoms with Gasteiger partial charge in [-0.15, -0.1) is 23.1 Å². The van der Waals surface area contributed by atoms with Crippen LogP contribution in [-0.4, -0.2) is 47.1 Å². The number of rotatable bonds is 3. The first-order valence-electron chi connectivity index (χ1n) is 6.52. The summed E-state index contributed by atoms with van der Waals surface area (Å²) in [6, 6.07) is 8.18. The predicted molar refractivity (Wildman–Crippen MR) is 83.2 cm³/mol. The van der Waals surface area contributed by atoms with E-state index in [-0.39, 0.29) is 11.2 Å². The van der Waals surface area contributed by atoms with Crippen molar-refractivity contribution in [1.82, 2.24) is 9.88 Å². The molecule has 0 radical (unpaired) electrons. The van der Waals surface area contributed by atoms with Crippen LogP contribution in [0.4, 0.5) is 0 Å². The molecule has 106 valence electrons. The second kappa shape index (κ2) is 6.11. The topological polar surface area (TPSA) is 42.4 Å². The van der Waals surface area contributed by atoms with Crippen molar-refractivity contribution in [2.24, 2.45) is 0 Å². The smallest absolute Gasteiger partial charge is 0.320 e. The number of methoxy groups -OCH3 is 1. The van der Waals surface area contributed by atoms with Gasteiger partial charge in [-0.05, 0) is 12.1 Å². The van der Waals surface area contributed by atoms with Crippen molar-refractivity contribution in [3.05, 3.63) is 29.3 Å². The third-order valence-electron chi connectivity index (χ3n) is 3.31. The van der Waals surface area contributed by atoms with Gasteiger partial charge in [0.25, 0.3) is 0 Å². The lowest BCUT2D eigenvalue weighted by Crippen LogP contribution is -2.41. The molecule has 2 heterocycles. The molecule has 1 fully saturated rings. The lowest BCUT2D eigenvalue weighted by molar-refractivity contribution is -0.140. The molecule has 0 aliphatic carbocycles. The van der Waals surface area contributed by atoms with Crippen LogP contribution in [0.25, 0.3) is 10.2 Å². The molecule has 1 saturated heterocycles. The molecule has 6 heteroatoms. The Morgan fingerprint density at radius 3 is 3.15 bits per heavy atom. The normalized spacial score (nSPS) is 20.1. The third kappa shape index (κ3) is 2.97. The van der Waals surface area contributed by atoms with Crippen molar-refractivity contribution in [1.29, 1.82) is 0 Å². The van der Waals surface area contributed by atoms with Gasteiger partial charge >= 0.3 is 5.97 Å². The largest absolute Gasteiger partial charge is 0.468 e. The Balaban J connectivity index is 1.69. The van der Waals surface area contributed by atoms with Crippen LogP contribution in [0.1, 0.15) is 5.01 Å². The number of para-hydroxylation sites is 1. The first kappa shape index (κ1) is 13.9. The molecular weight excluding hydrogens is 292 g/mol. The molecule has 0 unspecified atom stereocenters. The Kier molecular flexibility index (Phi) is 4.24. The summed E-state index contributed by atoms with van der Waals surface area (Å²) in [4.78, 5) is 18.6. The number of ether oxygens (including phenoxy) is 1. The summed E-state index contributed by atoms with van der Waals surface area (Å²) in [6.45, 7) is 2.55. The van der Waals surface area contributed by atoms with Crippen molar-refractivity contribution in [3.8, 4) is 0 Å². The monoisotopic (exact) mass is 308 g/mol. The van der Waals surface area contributed by atoms with Gasteiger partial charge in [-0.25, -0.2) is 4.98 Å². The van der Waals surface area contributed by atoms with Crippen LogP contribution in [0.2, 0.25) is 0 Å². The van der Waals surface area contributed by atoms with E-state index in [1.807, 2.05) is 18.2 Å². The minimum Gasteiger partial charge on any atom is -0.468 e. The molecule has 0 N–H and O–H groups in total. The first-order chi connectivity index (χ1) is 9.76. The van der Waals surface area contributed by atoms with Gasteiger partial charge in [-0.3, -0.25) is 9.69 Å². The zero-order valence-corrected chi connectivity index (χ0v) is 12.9. The number of benzene rings is 1. The summed E-state index contributed by atoms with van der Waals surface area (Å²) in [5, 5.41) is 1.05. The average Bonchev–Trinajstić information content (AvgIpc) is 2.88.